The van der Waals surface area contributed by atoms with Gasteiger partial charge in [0.05, 0.1) is 0 Å². The molecule has 1 saturated heterocycles. The molecule has 3 heteroatoms. The first-order valence-electron chi connectivity index (χ1n) is 5.63. The summed E-state index contributed by atoms with van der Waals surface area (Å²) in [5, 5.41) is 0. The molecular formula is C12H17BO2. The number of hydrogen-bond donors (Lipinski definition) is 0. The highest BCUT2D eigenvalue weighted by atomic mass is 16.6. The molecule has 2 rings (SSSR count). The van der Waals surface area contributed by atoms with Crippen LogP contribution >= 0.6 is 0 Å². The van der Waals surface area contributed by atoms with E-state index in [0.29, 0.717) is 5.82 Å². The molecule has 1 heterocycles. The van der Waals surface area contributed by atoms with Gasteiger partial charge in [0, 0.05) is 13.2 Å². The Morgan fingerprint density at radius 1 is 1.20 bits per heavy atom. The summed E-state index contributed by atoms with van der Waals surface area (Å²) in [6.45, 7) is 3.86. The largest absolute Gasteiger partial charge is 0.460 e. The topological polar surface area (TPSA) is 18.5 Å². The van der Waals surface area contributed by atoms with Crippen LogP contribution in [0.2, 0.25) is 5.82 Å². The van der Waals surface area contributed by atoms with E-state index in [4.69, 9.17) is 9.31 Å². The average molecular weight is 204 g/mol. The van der Waals surface area contributed by atoms with Crippen LogP contribution in [-0.2, 0) is 15.7 Å². The van der Waals surface area contributed by atoms with Crippen LogP contribution in [0, 0.1) is 0 Å². The van der Waals surface area contributed by atoms with Gasteiger partial charge < -0.3 is 9.31 Å². The Kier molecular flexibility index (Phi) is 3.81. The predicted molar refractivity (Wildman–Crippen MR) is 61.8 cm³/mol. The van der Waals surface area contributed by atoms with E-state index in [-0.39, 0.29) is 7.12 Å². The summed E-state index contributed by atoms with van der Waals surface area (Å²) in [5.41, 5.74) is 1.35. The highest BCUT2D eigenvalue weighted by Crippen LogP contribution is 2.20. The van der Waals surface area contributed by atoms with Crippen molar-refractivity contribution < 1.29 is 9.31 Å². The van der Waals surface area contributed by atoms with Gasteiger partial charge in [-0.15, -0.1) is 0 Å². The predicted octanol–water partition coefficient (Wildman–Crippen LogP) is 2.54. The van der Waals surface area contributed by atoms with Crippen LogP contribution in [-0.4, -0.2) is 20.3 Å². The zero-order chi connectivity index (χ0) is 10.5. The maximum atomic E-state index is 5.59. The lowest BCUT2D eigenvalue weighted by Crippen LogP contribution is -2.34. The second-order valence-electron chi connectivity index (χ2n) is 4.13. The molecule has 0 saturated carbocycles. The van der Waals surface area contributed by atoms with E-state index in [1.165, 1.54) is 5.56 Å². The van der Waals surface area contributed by atoms with Crippen LogP contribution < -0.4 is 0 Å². The van der Waals surface area contributed by atoms with Gasteiger partial charge >= 0.3 is 7.12 Å². The summed E-state index contributed by atoms with van der Waals surface area (Å²) in [6.07, 6.45) is 2.04. The van der Waals surface area contributed by atoms with Crippen LogP contribution in [0.4, 0.5) is 0 Å². The van der Waals surface area contributed by atoms with Crippen molar-refractivity contribution in [3.05, 3.63) is 35.9 Å². The zero-order valence-corrected chi connectivity index (χ0v) is 9.19. The maximum absolute atomic E-state index is 5.59. The van der Waals surface area contributed by atoms with E-state index in [9.17, 15) is 0 Å². The molecule has 0 spiro atoms. The molecule has 1 aliphatic rings. The molecule has 0 aliphatic carbocycles. The first-order valence-corrected chi connectivity index (χ1v) is 5.63. The quantitative estimate of drug-likeness (QED) is 0.704. The molecule has 0 amide bonds. The minimum atomic E-state index is -0.0149. The van der Waals surface area contributed by atoms with E-state index in [1.807, 2.05) is 6.07 Å². The number of rotatable bonds is 3. The Balaban J connectivity index is 1.88. The minimum absolute atomic E-state index is 0.0149. The van der Waals surface area contributed by atoms with Gasteiger partial charge in [0.1, 0.15) is 0 Å². The van der Waals surface area contributed by atoms with Gasteiger partial charge in [0.15, 0.2) is 0 Å². The second-order valence-corrected chi connectivity index (χ2v) is 4.13. The molecule has 1 atom stereocenters. The fourth-order valence-corrected chi connectivity index (χ4v) is 1.92. The van der Waals surface area contributed by atoms with Crippen molar-refractivity contribution in [2.45, 2.75) is 25.6 Å². The molecule has 15 heavy (non-hydrogen) atoms. The van der Waals surface area contributed by atoms with Crippen molar-refractivity contribution in [1.29, 1.82) is 0 Å². The lowest BCUT2D eigenvalue weighted by Gasteiger charge is -2.24. The molecule has 1 fully saturated rings. The van der Waals surface area contributed by atoms with Gasteiger partial charge in [-0.05, 0) is 24.2 Å². The smallest absolute Gasteiger partial charge is 0.411 e. The normalized spacial score (nSPS) is 18.9. The van der Waals surface area contributed by atoms with Gasteiger partial charge in [0.25, 0.3) is 0 Å². The zero-order valence-electron chi connectivity index (χ0n) is 9.19. The highest BCUT2D eigenvalue weighted by molar-refractivity contribution is 6.46. The van der Waals surface area contributed by atoms with Crippen LogP contribution in [0.3, 0.4) is 0 Å². The molecular weight excluding hydrogens is 187 g/mol. The summed E-state index contributed by atoms with van der Waals surface area (Å²) < 4.78 is 11.2. The summed E-state index contributed by atoms with van der Waals surface area (Å²) in [5.74, 6) is 0.424. The van der Waals surface area contributed by atoms with Crippen LogP contribution in [0.25, 0.3) is 0 Å². The van der Waals surface area contributed by atoms with Crippen molar-refractivity contribution in [1.82, 2.24) is 0 Å². The number of hydrogen-bond acceptors (Lipinski definition) is 2. The monoisotopic (exact) mass is 204 g/mol. The lowest BCUT2D eigenvalue weighted by atomic mass is 9.69. The number of benzene rings is 1. The summed E-state index contributed by atoms with van der Waals surface area (Å²) >= 11 is 0. The van der Waals surface area contributed by atoms with Crippen LogP contribution in [0.15, 0.2) is 30.3 Å². The van der Waals surface area contributed by atoms with E-state index in [1.54, 1.807) is 0 Å². The van der Waals surface area contributed by atoms with Crippen LogP contribution in [0.1, 0.15) is 18.9 Å². The SMILES string of the molecule is C[C@@H](Cc1ccccc1)B1OCCCO1. The summed E-state index contributed by atoms with van der Waals surface area (Å²) in [4.78, 5) is 0. The van der Waals surface area contributed by atoms with Crippen molar-refractivity contribution in [2.24, 2.45) is 0 Å². The van der Waals surface area contributed by atoms with Gasteiger partial charge in [-0.1, -0.05) is 37.3 Å². The third-order valence-corrected chi connectivity index (χ3v) is 2.72. The van der Waals surface area contributed by atoms with Gasteiger partial charge in [-0.25, -0.2) is 0 Å². The molecule has 0 bridgehead atoms. The molecule has 1 aromatic rings. The Bertz CT molecular complexity index is 283. The molecule has 1 aliphatic heterocycles. The molecule has 0 N–H and O–H groups in total. The molecule has 1 aromatic carbocycles. The third kappa shape index (κ3) is 3.08. The van der Waals surface area contributed by atoms with Crippen molar-refractivity contribution in [3.8, 4) is 0 Å². The molecule has 0 radical (unpaired) electrons. The van der Waals surface area contributed by atoms with E-state index < -0.39 is 0 Å². The standard InChI is InChI=1S/C12H17BO2/c1-11(13-14-8-5-9-15-13)10-12-6-3-2-4-7-12/h2-4,6-7,11H,5,8-10H2,1H3/t11-/m0/s1. The van der Waals surface area contributed by atoms with E-state index in [0.717, 1.165) is 26.1 Å². The first-order chi connectivity index (χ1) is 7.36. The van der Waals surface area contributed by atoms with Crippen molar-refractivity contribution in [2.75, 3.05) is 13.2 Å². The second kappa shape index (κ2) is 5.33. The van der Waals surface area contributed by atoms with E-state index in [2.05, 4.69) is 31.2 Å². The molecule has 0 unspecified atom stereocenters. The summed E-state index contributed by atoms with van der Waals surface area (Å²) in [7, 11) is -0.0149. The fourth-order valence-electron chi connectivity index (χ4n) is 1.92. The van der Waals surface area contributed by atoms with Crippen molar-refractivity contribution >= 4 is 7.12 Å². The van der Waals surface area contributed by atoms with Crippen LogP contribution in [0.5, 0.6) is 0 Å². The van der Waals surface area contributed by atoms with Gasteiger partial charge in [0.2, 0.25) is 0 Å². The average Bonchev–Trinajstić information content (AvgIpc) is 2.31. The first kappa shape index (κ1) is 10.7. The third-order valence-electron chi connectivity index (χ3n) is 2.72. The van der Waals surface area contributed by atoms with Gasteiger partial charge in [-0.3, -0.25) is 0 Å². The minimum Gasteiger partial charge on any atom is -0.411 e. The maximum Gasteiger partial charge on any atom is 0.460 e. The van der Waals surface area contributed by atoms with E-state index >= 15 is 0 Å². The Morgan fingerprint density at radius 2 is 1.87 bits per heavy atom. The Hall–Kier alpha value is -0.795. The lowest BCUT2D eigenvalue weighted by molar-refractivity contribution is 0.127. The highest BCUT2D eigenvalue weighted by Gasteiger charge is 2.28. The fraction of sp³-hybridized carbons (Fsp3) is 0.500. The van der Waals surface area contributed by atoms with Gasteiger partial charge in [-0.2, -0.15) is 0 Å². The summed E-state index contributed by atoms with van der Waals surface area (Å²) in [6, 6.07) is 10.5. The molecule has 0 aromatic heterocycles. The molecule has 80 valence electrons. The Morgan fingerprint density at radius 3 is 2.53 bits per heavy atom. The molecule has 2 nitrogen and oxygen atoms in total. The Labute approximate surface area is 91.7 Å². The van der Waals surface area contributed by atoms with Crippen molar-refractivity contribution in [3.63, 3.8) is 0 Å².